The van der Waals surface area contributed by atoms with Crippen LogP contribution in [0.3, 0.4) is 0 Å². The molecule has 0 fully saturated rings. The first-order chi connectivity index (χ1) is 9.29. The van der Waals surface area contributed by atoms with Gasteiger partial charge < -0.3 is 15.0 Å². The molecule has 1 heterocycles. The minimum absolute atomic E-state index is 0.748. The number of nitrogens with zero attached hydrogens (tertiary/aromatic N) is 1. The summed E-state index contributed by atoms with van der Waals surface area (Å²) in [5.41, 5.74) is 2.17. The number of ether oxygens (including phenoxy) is 1. The van der Waals surface area contributed by atoms with E-state index in [1.165, 1.54) is 0 Å². The van der Waals surface area contributed by atoms with Crippen molar-refractivity contribution in [3.8, 4) is 11.3 Å². The predicted octanol–water partition coefficient (Wildman–Crippen LogP) is 2.97. The van der Waals surface area contributed by atoms with Gasteiger partial charge in [-0.3, -0.25) is 0 Å². The molecule has 102 valence electrons. The highest BCUT2D eigenvalue weighted by atomic mass is 79.9. The zero-order valence-corrected chi connectivity index (χ0v) is 12.5. The van der Waals surface area contributed by atoms with Gasteiger partial charge in [0.1, 0.15) is 5.82 Å². The van der Waals surface area contributed by atoms with Gasteiger partial charge in [0.2, 0.25) is 0 Å². The smallest absolute Gasteiger partial charge is 0.120 e. The molecule has 0 amide bonds. The molecule has 5 heteroatoms. The molecule has 4 nitrogen and oxygen atoms in total. The van der Waals surface area contributed by atoms with Gasteiger partial charge in [-0.15, -0.1) is 0 Å². The number of hydrogen-bond donors (Lipinski definition) is 2. The van der Waals surface area contributed by atoms with E-state index in [0.29, 0.717) is 0 Å². The first-order valence-electron chi connectivity index (χ1n) is 6.29. The number of rotatable bonds is 7. The fourth-order valence-electron chi connectivity index (χ4n) is 1.80. The second-order valence-electron chi connectivity index (χ2n) is 4.28. The number of nitrogens with one attached hydrogen (secondary N) is 2. The summed E-state index contributed by atoms with van der Waals surface area (Å²) in [7, 11) is 1.72. The summed E-state index contributed by atoms with van der Waals surface area (Å²) in [5.74, 6) is 0.951. The van der Waals surface area contributed by atoms with E-state index in [2.05, 4.69) is 43.3 Å². The summed E-state index contributed by atoms with van der Waals surface area (Å²) in [6.45, 7) is 2.47. The summed E-state index contributed by atoms with van der Waals surface area (Å²) < 4.78 is 6.07. The molecule has 0 bridgehead atoms. The van der Waals surface area contributed by atoms with Crippen molar-refractivity contribution in [3.05, 3.63) is 40.8 Å². The van der Waals surface area contributed by atoms with Crippen LogP contribution < -0.4 is 5.32 Å². The third-order valence-electron chi connectivity index (χ3n) is 2.76. The molecule has 0 atom stereocenters. The maximum absolute atomic E-state index is 5.00. The number of imidazole rings is 1. The molecule has 1 aromatic heterocycles. The Morgan fingerprint density at radius 1 is 1.42 bits per heavy atom. The van der Waals surface area contributed by atoms with E-state index >= 15 is 0 Å². The van der Waals surface area contributed by atoms with Gasteiger partial charge in [0.15, 0.2) is 0 Å². The molecule has 19 heavy (non-hydrogen) atoms. The summed E-state index contributed by atoms with van der Waals surface area (Å²) in [5, 5.41) is 3.33. The fraction of sp³-hybridized carbons (Fsp3) is 0.357. The molecule has 0 saturated carbocycles. The number of aromatic nitrogens is 2. The lowest BCUT2D eigenvalue weighted by Crippen LogP contribution is -2.16. The predicted molar refractivity (Wildman–Crippen MR) is 79.9 cm³/mol. The molecule has 0 saturated heterocycles. The normalized spacial score (nSPS) is 10.8. The lowest BCUT2D eigenvalue weighted by atomic mass is 10.2. The zero-order chi connectivity index (χ0) is 13.5. The molecule has 0 aliphatic carbocycles. The summed E-state index contributed by atoms with van der Waals surface area (Å²) in [4.78, 5) is 7.70. The van der Waals surface area contributed by atoms with Gasteiger partial charge in [-0.05, 0) is 25.1 Å². The largest absolute Gasteiger partial charge is 0.385 e. The van der Waals surface area contributed by atoms with Crippen LogP contribution in [0.25, 0.3) is 11.3 Å². The Hall–Kier alpha value is -1.17. The first kappa shape index (κ1) is 14.2. The Bertz CT molecular complexity index is 513. The van der Waals surface area contributed by atoms with Crippen molar-refractivity contribution in [1.29, 1.82) is 0 Å². The Balaban J connectivity index is 1.88. The molecule has 2 rings (SSSR count). The fourth-order valence-corrected chi connectivity index (χ4v) is 2.20. The standard InChI is InChI=1S/C14H18BrN3O/c1-19-7-3-6-16-10-14-17-9-13(18-14)11-4-2-5-12(15)8-11/h2,4-5,8-9,16H,3,6-7,10H2,1H3,(H,17,18). The minimum atomic E-state index is 0.748. The van der Waals surface area contributed by atoms with Gasteiger partial charge in [-0.25, -0.2) is 4.98 Å². The van der Waals surface area contributed by atoms with Gasteiger partial charge in [0.25, 0.3) is 0 Å². The number of methoxy groups -OCH3 is 1. The molecule has 1 aromatic carbocycles. The average Bonchev–Trinajstić information content (AvgIpc) is 2.87. The van der Waals surface area contributed by atoms with Crippen LogP contribution in [-0.2, 0) is 11.3 Å². The summed E-state index contributed by atoms with van der Waals surface area (Å²) in [6, 6.07) is 8.17. The lowest BCUT2D eigenvalue weighted by molar-refractivity contribution is 0.194. The van der Waals surface area contributed by atoms with E-state index in [-0.39, 0.29) is 0 Å². The van der Waals surface area contributed by atoms with Gasteiger partial charge in [-0.2, -0.15) is 0 Å². The SMILES string of the molecule is COCCCNCc1ncc(-c2cccc(Br)c2)[nH]1. The highest BCUT2D eigenvalue weighted by molar-refractivity contribution is 9.10. The highest BCUT2D eigenvalue weighted by Crippen LogP contribution is 2.21. The quantitative estimate of drug-likeness (QED) is 0.770. The van der Waals surface area contributed by atoms with E-state index in [1.807, 2.05) is 18.3 Å². The van der Waals surface area contributed by atoms with Crippen molar-refractivity contribution in [2.24, 2.45) is 0 Å². The molecular formula is C14H18BrN3O. The van der Waals surface area contributed by atoms with E-state index in [0.717, 1.165) is 47.7 Å². The van der Waals surface area contributed by atoms with Crippen molar-refractivity contribution in [2.75, 3.05) is 20.3 Å². The minimum Gasteiger partial charge on any atom is -0.385 e. The van der Waals surface area contributed by atoms with Crippen LogP contribution in [0.2, 0.25) is 0 Å². The molecule has 0 spiro atoms. The van der Waals surface area contributed by atoms with Gasteiger partial charge in [0, 0.05) is 23.8 Å². The molecule has 0 unspecified atom stereocenters. The van der Waals surface area contributed by atoms with Crippen LogP contribution in [-0.4, -0.2) is 30.2 Å². The van der Waals surface area contributed by atoms with Crippen LogP contribution in [0.4, 0.5) is 0 Å². The Morgan fingerprint density at radius 3 is 3.11 bits per heavy atom. The van der Waals surface area contributed by atoms with Gasteiger partial charge >= 0.3 is 0 Å². The number of aromatic amines is 1. The van der Waals surface area contributed by atoms with Crippen molar-refractivity contribution in [2.45, 2.75) is 13.0 Å². The van der Waals surface area contributed by atoms with E-state index in [9.17, 15) is 0 Å². The number of benzene rings is 1. The molecule has 0 aliphatic heterocycles. The first-order valence-corrected chi connectivity index (χ1v) is 7.08. The second-order valence-corrected chi connectivity index (χ2v) is 5.19. The third kappa shape index (κ3) is 4.45. The number of hydrogen-bond acceptors (Lipinski definition) is 3. The molecular weight excluding hydrogens is 306 g/mol. The number of H-pyrrole nitrogens is 1. The van der Waals surface area contributed by atoms with Crippen molar-refractivity contribution in [3.63, 3.8) is 0 Å². The highest BCUT2D eigenvalue weighted by Gasteiger charge is 2.03. The van der Waals surface area contributed by atoms with Crippen LogP contribution >= 0.6 is 15.9 Å². The van der Waals surface area contributed by atoms with E-state index < -0.39 is 0 Å². The summed E-state index contributed by atoms with van der Waals surface area (Å²) in [6.07, 6.45) is 2.88. The Labute approximate surface area is 121 Å². The lowest BCUT2D eigenvalue weighted by Gasteiger charge is -2.02. The average molecular weight is 324 g/mol. The van der Waals surface area contributed by atoms with Crippen molar-refractivity contribution in [1.82, 2.24) is 15.3 Å². The van der Waals surface area contributed by atoms with Gasteiger partial charge in [-0.1, -0.05) is 28.1 Å². The van der Waals surface area contributed by atoms with E-state index in [4.69, 9.17) is 4.74 Å². The second kappa shape index (κ2) is 7.43. The maximum atomic E-state index is 5.00. The molecule has 0 radical (unpaired) electrons. The maximum Gasteiger partial charge on any atom is 0.120 e. The summed E-state index contributed by atoms with van der Waals surface area (Å²) >= 11 is 3.47. The van der Waals surface area contributed by atoms with Crippen LogP contribution in [0, 0.1) is 0 Å². The molecule has 2 N–H and O–H groups in total. The van der Waals surface area contributed by atoms with Crippen molar-refractivity contribution < 1.29 is 4.74 Å². The third-order valence-corrected chi connectivity index (χ3v) is 3.25. The van der Waals surface area contributed by atoms with Crippen LogP contribution in [0.1, 0.15) is 12.2 Å². The zero-order valence-electron chi connectivity index (χ0n) is 10.9. The van der Waals surface area contributed by atoms with E-state index in [1.54, 1.807) is 7.11 Å². The number of halogens is 1. The Morgan fingerprint density at radius 2 is 2.32 bits per heavy atom. The Kier molecular flexibility index (Phi) is 5.57. The molecule has 2 aromatic rings. The topological polar surface area (TPSA) is 49.9 Å². The van der Waals surface area contributed by atoms with Crippen LogP contribution in [0.5, 0.6) is 0 Å². The monoisotopic (exact) mass is 323 g/mol. The van der Waals surface area contributed by atoms with Crippen molar-refractivity contribution >= 4 is 15.9 Å². The molecule has 0 aliphatic rings. The van der Waals surface area contributed by atoms with Gasteiger partial charge in [0.05, 0.1) is 18.4 Å². The van der Waals surface area contributed by atoms with Crippen LogP contribution in [0.15, 0.2) is 34.9 Å².